The fraction of sp³-hybridized carbons (Fsp3) is 0.281. The summed E-state index contributed by atoms with van der Waals surface area (Å²) in [6, 6.07) is 18.4. The Balaban J connectivity index is 0.975. The predicted molar refractivity (Wildman–Crippen MR) is 163 cm³/mol. The number of pyridine rings is 1. The lowest BCUT2D eigenvalue weighted by Gasteiger charge is -2.38. The van der Waals surface area contributed by atoms with E-state index in [4.69, 9.17) is 14.1 Å². The Hall–Kier alpha value is -5.41. The second-order valence-corrected chi connectivity index (χ2v) is 11.4. The molecule has 13 nitrogen and oxygen atoms in total. The van der Waals surface area contributed by atoms with Crippen LogP contribution in [0.3, 0.4) is 0 Å². The number of halogens is 2. The molecule has 8 rings (SSSR count). The highest BCUT2D eigenvalue weighted by atomic mass is 19.3. The number of nitrogens with zero attached hydrogens (tertiary/aromatic N) is 10. The highest BCUT2D eigenvalue weighted by molar-refractivity contribution is 5.93. The zero-order valence-electron chi connectivity index (χ0n) is 24.9. The Labute approximate surface area is 266 Å². The predicted octanol–water partition coefficient (Wildman–Crippen LogP) is 4.25. The number of carbonyl (C=O) groups is 1. The zero-order valence-corrected chi connectivity index (χ0v) is 24.9. The number of fused-ring (bicyclic) bond motifs is 1. The monoisotopic (exact) mass is 638 g/mol. The maximum atomic E-state index is 13.6. The van der Waals surface area contributed by atoms with Gasteiger partial charge in [-0.2, -0.15) is 13.9 Å². The molecule has 0 saturated carbocycles. The number of piperazine rings is 1. The summed E-state index contributed by atoms with van der Waals surface area (Å²) in [4.78, 5) is 26.7. The summed E-state index contributed by atoms with van der Waals surface area (Å²) in [5.41, 5.74) is 5.01. The number of carbonyl (C=O) groups excluding carboxylic acids is 1. The van der Waals surface area contributed by atoms with Crippen molar-refractivity contribution in [2.24, 2.45) is 0 Å². The number of tetrazole rings is 1. The number of rotatable bonds is 8. The number of amides is 1. The van der Waals surface area contributed by atoms with E-state index in [9.17, 15) is 13.6 Å². The van der Waals surface area contributed by atoms with Crippen LogP contribution in [0.5, 0.6) is 0 Å². The summed E-state index contributed by atoms with van der Waals surface area (Å²) in [6.07, 6.45) is 5.41. The molecule has 0 N–H and O–H groups in total. The SMILES string of the molecule is O=C(c1cc(-c2nc3cc(-c4cnn(C5COC5)c4)ccc3o2)ccn1)N1CCN([C@@H](c2ccccc2)c2nnn(C(F)F)n2)CC1. The maximum Gasteiger partial charge on any atom is 0.350 e. The van der Waals surface area contributed by atoms with Gasteiger partial charge in [0.2, 0.25) is 5.89 Å². The molecule has 2 aliphatic rings. The molecule has 2 fully saturated rings. The van der Waals surface area contributed by atoms with Crippen LogP contribution in [0.1, 0.15) is 40.5 Å². The van der Waals surface area contributed by atoms with Gasteiger partial charge < -0.3 is 14.1 Å². The van der Waals surface area contributed by atoms with Gasteiger partial charge in [-0.1, -0.05) is 41.2 Å². The molecule has 0 radical (unpaired) electrons. The second kappa shape index (κ2) is 12.1. The van der Waals surface area contributed by atoms with Gasteiger partial charge in [0.15, 0.2) is 11.4 Å². The standard InChI is InChI=1S/C32H28F2N10O3/c33-32(34)44-39-29(38-40-44)28(20-4-2-1-3-5-20)41-10-12-42(13-11-41)31(45)26-15-22(8-9-35-26)30-37-25-14-21(6-7-27(25)47-30)23-16-36-43(17-23)24-18-46-19-24/h1-9,14-17,24,28,32H,10-13,18-19H2/t28-/m0/s1. The molecular formula is C32H28F2N10O3. The van der Waals surface area contributed by atoms with E-state index < -0.39 is 12.6 Å². The van der Waals surface area contributed by atoms with Gasteiger partial charge >= 0.3 is 6.55 Å². The Bertz CT molecular complexity index is 2030. The molecule has 1 atom stereocenters. The summed E-state index contributed by atoms with van der Waals surface area (Å²) in [5, 5.41) is 15.9. The van der Waals surface area contributed by atoms with Gasteiger partial charge in [0.25, 0.3) is 5.91 Å². The number of benzene rings is 2. The average molecular weight is 639 g/mol. The first kappa shape index (κ1) is 29.0. The van der Waals surface area contributed by atoms with Crippen molar-refractivity contribution in [1.82, 2.24) is 49.8 Å². The molecule has 4 aromatic heterocycles. The van der Waals surface area contributed by atoms with Crippen LogP contribution < -0.4 is 0 Å². The van der Waals surface area contributed by atoms with Crippen LogP contribution in [0.2, 0.25) is 0 Å². The number of aromatic nitrogens is 8. The van der Waals surface area contributed by atoms with Crippen molar-refractivity contribution in [3.63, 3.8) is 0 Å². The van der Waals surface area contributed by atoms with Gasteiger partial charge in [-0.05, 0) is 40.6 Å². The van der Waals surface area contributed by atoms with Gasteiger partial charge in [-0.3, -0.25) is 19.4 Å². The smallest absolute Gasteiger partial charge is 0.350 e. The van der Waals surface area contributed by atoms with Gasteiger partial charge in [-0.15, -0.1) is 10.2 Å². The number of hydrogen-bond acceptors (Lipinski definition) is 10. The van der Waals surface area contributed by atoms with Crippen molar-refractivity contribution in [3.05, 3.63) is 96.3 Å². The fourth-order valence-electron chi connectivity index (χ4n) is 5.91. The molecule has 2 aliphatic heterocycles. The summed E-state index contributed by atoms with van der Waals surface area (Å²) in [5.74, 6) is 0.336. The highest BCUT2D eigenvalue weighted by Gasteiger charge is 2.32. The first-order valence-electron chi connectivity index (χ1n) is 15.2. The van der Waals surface area contributed by atoms with E-state index in [1.54, 1.807) is 23.2 Å². The van der Waals surface area contributed by atoms with Crippen molar-refractivity contribution in [1.29, 1.82) is 0 Å². The van der Waals surface area contributed by atoms with Gasteiger partial charge in [0.05, 0.1) is 31.5 Å². The first-order chi connectivity index (χ1) is 23.0. The minimum Gasteiger partial charge on any atom is -0.436 e. The summed E-state index contributed by atoms with van der Waals surface area (Å²) in [7, 11) is 0. The quantitative estimate of drug-likeness (QED) is 0.238. The first-order valence-corrected chi connectivity index (χ1v) is 15.2. The van der Waals surface area contributed by atoms with E-state index in [-0.39, 0.29) is 23.5 Å². The van der Waals surface area contributed by atoms with Gasteiger partial charge in [0, 0.05) is 49.7 Å². The van der Waals surface area contributed by atoms with E-state index in [2.05, 4.69) is 30.4 Å². The van der Waals surface area contributed by atoms with E-state index in [0.717, 1.165) is 16.7 Å². The van der Waals surface area contributed by atoms with Crippen molar-refractivity contribution in [2.75, 3.05) is 39.4 Å². The van der Waals surface area contributed by atoms with Crippen LogP contribution in [-0.2, 0) is 4.74 Å². The summed E-state index contributed by atoms with van der Waals surface area (Å²) < 4.78 is 39.7. The molecule has 6 heterocycles. The minimum atomic E-state index is -2.89. The lowest BCUT2D eigenvalue weighted by molar-refractivity contribution is -0.0286. The lowest BCUT2D eigenvalue weighted by Crippen LogP contribution is -2.50. The van der Waals surface area contributed by atoms with Crippen LogP contribution in [0.15, 0.2) is 83.7 Å². The van der Waals surface area contributed by atoms with Crippen LogP contribution in [-0.4, -0.2) is 95.1 Å². The van der Waals surface area contributed by atoms with Crippen molar-refractivity contribution >= 4 is 17.0 Å². The Morgan fingerprint density at radius 1 is 0.936 bits per heavy atom. The van der Waals surface area contributed by atoms with Crippen LogP contribution >= 0.6 is 0 Å². The third kappa shape index (κ3) is 5.63. The Morgan fingerprint density at radius 2 is 1.77 bits per heavy atom. The zero-order chi connectivity index (χ0) is 31.9. The van der Waals surface area contributed by atoms with Gasteiger partial charge in [-0.25, -0.2) is 4.98 Å². The fourth-order valence-corrected chi connectivity index (χ4v) is 5.91. The van der Waals surface area contributed by atoms with Gasteiger partial charge in [0.1, 0.15) is 11.2 Å². The number of ether oxygens (including phenoxy) is 1. The largest absolute Gasteiger partial charge is 0.436 e. The van der Waals surface area contributed by atoms with Crippen LogP contribution in [0.25, 0.3) is 33.7 Å². The van der Waals surface area contributed by atoms with E-state index in [0.29, 0.717) is 66.7 Å². The van der Waals surface area contributed by atoms with E-state index in [1.807, 2.05) is 65.6 Å². The second-order valence-electron chi connectivity index (χ2n) is 11.4. The maximum absolute atomic E-state index is 13.6. The number of hydrogen-bond donors (Lipinski definition) is 0. The molecule has 0 aliphatic carbocycles. The third-order valence-electron chi connectivity index (χ3n) is 8.49. The third-order valence-corrected chi connectivity index (χ3v) is 8.49. The lowest BCUT2D eigenvalue weighted by atomic mass is 10.0. The molecule has 1 amide bonds. The summed E-state index contributed by atoms with van der Waals surface area (Å²) >= 11 is 0. The number of oxazole rings is 1. The Morgan fingerprint density at radius 3 is 2.51 bits per heavy atom. The van der Waals surface area contributed by atoms with Crippen LogP contribution in [0.4, 0.5) is 8.78 Å². The van der Waals surface area contributed by atoms with Crippen LogP contribution in [0, 0.1) is 0 Å². The minimum absolute atomic E-state index is 0.176. The van der Waals surface area contributed by atoms with Crippen molar-refractivity contribution in [2.45, 2.75) is 18.6 Å². The Kier molecular flexibility index (Phi) is 7.46. The normalized spacial score (nSPS) is 16.5. The molecule has 0 unspecified atom stereocenters. The summed E-state index contributed by atoms with van der Waals surface area (Å²) in [6.45, 7) is 0.176. The molecule has 2 saturated heterocycles. The average Bonchev–Trinajstić information content (AvgIpc) is 3.85. The topological polar surface area (TPSA) is 133 Å². The van der Waals surface area contributed by atoms with Crippen molar-refractivity contribution in [3.8, 4) is 22.6 Å². The highest BCUT2D eigenvalue weighted by Crippen LogP contribution is 2.31. The number of alkyl halides is 2. The molecule has 238 valence electrons. The molecule has 6 aromatic rings. The molecule has 0 spiro atoms. The molecule has 47 heavy (non-hydrogen) atoms. The molecule has 0 bridgehead atoms. The molecule has 15 heteroatoms. The van der Waals surface area contributed by atoms with Crippen molar-refractivity contribution < 1.29 is 22.7 Å². The molecule has 2 aromatic carbocycles. The molecular weight excluding hydrogens is 610 g/mol. The van der Waals surface area contributed by atoms with E-state index >= 15 is 0 Å². The van der Waals surface area contributed by atoms with E-state index in [1.165, 1.54) is 0 Å².